The van der Waals surface area contributed by atoms with Gasteiger partial charge in [-0.25, -0.2) is 4.98 Å². The molecule has 0 fully saturated rings. The summed E-state index contributed by atoms with van der Waals surface area (Å²) in [6.45, 7) is 1.21. The smallest absolute Gasteiger partial charge is 0.125 e. The molecule has 1 heterocycles. The van der Waals surface area contributed by atoms with Crippen LogP contribution in [0.2, 0.25) is 0 Å². The summed E-state index contributed by atoms with van der Waals surface area (Å²) in [6, 6.07) is 26.7. The lowest BCUT2D eigenvalue weighted by atomic mass is 10.0. The van der Waals surface area contributed by atoms with Crippen molar-refractivity contribution in [3.63, 3.8) is 0 Å². The first-order chi connectivity index (χ1) is 14.3. The summed E-state index contributed by atoms with van der Waals surface area (Å²) in [5, 5.41) is 9.21. The molecule has 150 valence electrons. The summed E-state index contributed by atoms with van der Waals surface area (Å²) in [5.74, 6) is 0.749. The Labute approximate surface area is 182 Å². The third-order valence-corrected chi connectivity index (χ3v) is 4.82. The second-order valence-corrected chi connectivity index (χ2v) is 6.83. The van der Waals surface area contributed by atoms with E-state index in [9.17, 15) is 5.26 Å². The average Bonchev–Trinajstić information content (AvgIpc) is 3.29. The van der Waals surface area contributed by atoms with Gasteiger partial charge in [-0.2, -0.15) is 5.26 Å². The highest BCUT2D eigenvalue weighted by molar-refractivity contribution is 5.85. The van der Waals surface area contributed by atoms with E-state index in [2.05, 4.69) is 47.5 Å². The third kappa shape index (κ3) is 5.28. The molecular formula is C25H22ClN3O. The maximum atomic E-state index is 9.21. The summed E-state index contributed by atoms with van der Waals surface area (Å²) < 4.78 is 8.05. The Kier molecular flexibility index (Phi) is 7.26. The second-order valence-electron chi connectivity index (χ2n) is 6.83. The van der Waals surface area contributed by atoms with Crippen LogP contribution in [-0.4, -0.2) is 16.2 Å². The molecule has 0 saturated carbocycles. The van der Waals surface area contributed by atoms with E-state index in [0.717, 1.165) is 17.7 Å². The Balaban J connectivity index is 0.00000256. The van der Waals surface area contributed by atoms with E-state index >= 15 is 0 Å². The van der Waals surface area contributed by atoms with Crippen LogP contribution in [0.3, 0.4) is 0 Å². The molecule has 30 heavy (non-hydrogen) atoms. The van der Waals surface area contributed by atoms with Gasteiger partial charge in [0.25, 0.3) is 0 Å². The zero-order chi connectivity index (χ0) is 19.9. The quantitative estimate of drug-likeness (QED) is 0.399. The lowest BCUT2D eigenvalue weighted by Crippen LogP contribution is -2.06. The molecule has 0 atom stereocenters. The van der Waals surface area contributed by atoms with E-state index in [0.29, 0.717) is 18.7 Å². The number of hydrogen-bond donors (Lipinski definition) is 0. The van der Waals surface area contributed by atoms with Crippen LogP contribution in [0.1, 0.15) is 16.7 Å². The summed E-state index contributed by atoms with van der Waals surface area (Å²) in [7, 11) is 0. The first-order valence-electron chi connectivity index (χ1n) is 9.58. The van der Waals surface area contributed by atoms with Gasteiger partial charge in [-0.05, 0) is 28.8 Å². The minimum Gasteiger partial charge on any atom is -0.493 e. The number of ether oxygens (including phenoxy) is 1. The fourth-order valence-corrected chi connectivity index (χ4v) is 3.24. The molecule has 0 N–H and O–H groups in total. The van der Waals surface area contributed by atoms with Crippen molar-refractivity contribution in [2.24, 2.45) is 0 Å². The fraction of sp³-hybridized carbons (Fsp3) is 0.120. The van der Waals surface area contributed by atoms with Crippen molar-refractivity contribution in [2.45, 2.75) is 13.0 Å². The molecule has 4 nitrogen and oxygen atoms in total. The molecule has 0 saturated heterocycles. The Morgan fingerprint density at radius 1 is 0.933 bits per heavy atom. The van der Waals surface area contributed by atoms with Crippen molar-refractivity contribution in [1.29, 1.82) is 5.26 Å². The summed E-state index contributed by atoms with van der Waals surface area (Å²) >= 11 is 0. The van der Waals surface area contributed by atoms with Crippen LogP contribution < -0.4 is 4.74 Å². The van der Waals surface area contributed by atoms with Gasteiger partial charge in [0.05, 0.1) is 31.1 Å². The molecule has 1 aromatic heterocycles. The predicted molar refractivity (Wildman–Crippen MR) is 121 cm³/mol. The van der Waals surface area contributed by atoms with Gasteiger partial charge in [0.15, 0.2) is 0 Å². The SMILES string of the molecule is Cl.N#Cc1ccc(Cn2ccnc2)c(OCCc2ccc(-c3ccccc3)cc2)c1. The molecule has 4 aromatic rings. The van der Waals surface area contributed by atoms with Gasteiger partial charge in [-0.15, -0.1) is 12.4 Å². The predicted octanol–water partition coefficient (Wildman–Crippen LogP) is 5.51. The lowest BCUT2D eigenvalue weighted by molar-refractivity contribution is 0.318. The van der Waals surface area contributed by atoms with Gasteiger partial charge in [0, 0.05) is 24.4 Å². The zero-order valence-corrected chi connectivity index (χ0v) is 17.3. The number of nitrogens with zero attached hydrogens (tertiary/aromatic N) is 3. The van der Waals surface area contributed by atoms with Gasteiger partial charge in [-0.3, -0.25) is 0 Å². The van der Waals surface area contributed by atoms with Crippen LogP contribution in [-0.2, 0) is 13.0 Å². The number of rotatable bonds is 7. The van der Waals surface area contributed by atoms with Crippen LogP contribution in [0.15, 0.2) is 91.5 Å². The van der Waals surface area contributed by atoms with E-state index in [1.165, 1.54) is 16.7 Å². The van der Waals surface area contributed by atoms with Crippen molar-refractivity contribution in [2.75, 3.05) is 6.61 Å². The van der Waals surface area contributed by atoms with Gasteiger partial charge < -0.3 is 9.30 Å². The van der Waals surface area contributed by atoms with Crippen molar-refractivity contribution in [1.82, 2.24) is 9.55 Å². The summed E-state index contributed by atoms with van der Waals surface area (Å²) in [4.78, 5) is 4.08. The third-order valence-electron chi connectivity index (χ3n) is 4.82. The number of halogens is 1. The highest BCUT2D eigenvalue weighted by Crippen LogP contribution is 2.23. The molecule has 0 radical (unpaired) electrons. The monoisotopic (exact) mass is 415 g/mol. The highest BCUT2D eigenvalue weighted by Gasteiger charge is 2.07. The highest BCUT2D eigenvalue weighted by atomic mass is 35.5. The largest absolute Gasteiger partial charge is 0.493 e. The van der Waals surface area contributed by atoms with Crippen LogP contribution in [0.4, 0.5) is 0 Å². The molecule has 5 heteroatoms. The maximum Gasteiger partial charge on any atom is 0.125 e. The minimum atomic E-state index is 0. The fourth-order valence-electron chi connectivity index (χ4n) is 3.24. The van der Waals surface area contributed by atoms with Crippen LogP contribution in [0, 0.1) is 11.3 Å². The molecule has 3 aromatic carbocycles. The van der Waals surface area contributed by atoms with E-state index < -0.39 is 0 Å². The molecule has 0 aliphatic rings. The number of hydrogen-bond acceptors (Lipinski definition) is 3. The Morgan fingerprint density at radius 2 is 1.70 bits per heavy atom. The minimum absolute atomic E-state index is 0. The standard InChI is InChI=1S/C25H21N3O.ClH/c26-17-21-8-11-24(18-28-14-13-27-19-28)25(16-21)29-15-12-20-6-9-23(10-7-20)22-4-2-1-3-5-22;/h1-11,13-14,16,19H,12,15,18H2;1H. The molecule has 0 spiro atoms. The molecule has 0 unspecified atom stereocenters. The summed E-state index contributed by atoms with van der Waals surface area (Å²) in [5.41, 5.74) is 5.27. The van der Waals surface area contributed by atoms with Crippen molar-refractivity contribution in [3.8, 4) is 22.9 Å². The molecular weight excluding hydrogens is 394 g/mol. The summed E-state index contributed by atoms with van der Waals surface area (Å²) in [6.07, 6.45) is 6.24. The molecule has 4 rings (SSSR count). The number of nitriles is 1. The van der Waals surface area contributed by atoms with Crippen LogP contribution >= 0.6 is 12.4 Å². The Bertz CT molecular complexity index is 1100. The number of imidazole rings is 1. The van der Waals surface area contributed by atoms with Crippen molar-refractivity contribution in [3.05, 3.63) is 108 Å². The Hall–Kier alpha value is -3.55. The number of aromatic nitrogens is 2. The van der Waals surface area contributed by atoms with E-state index in [-0.39, 0.29) is 12.4 Å². The maximum absolute atomic E-state index is 9.21. The van der Waals surface area contributed by atoms with Crippen LogP contribution in [0.5, 0.6) is 5.75 Å². The lowest BCUT2D eigenvalue weighted by Gasteiger charge is -2.13. The van der Waals surface area contributed by atoms with E-state index in [4.69, 9.17) is 4.74 Å². The molecule has 0 aliphatic carbocycles. The average molecular weight is 416 g/mol. The Morgan fingerprint density at radius 3 is 2.40 bits per heavy atom. The van der Waals surface area contributed by atoms with Gasteiger partial charge in [-0.1, -0.05) is 60.7 Å². The molecule has 0 aliphatic heterocycles. The van der Waals surface area contributed by atoms with Crippen molar-refractivity contribution >= 4 is 12.4 Å². The first kappa shape index (κ1) is 21.2. The van der Waals surface area contributed by atoms with Gasteiger partial charge in [0.2, 0.25) is 0 Å². The van der Waals surface area contributed by atoms with E-state index in [1.807, 2.05) is 47.2 Å². The topological polar surface area (TPSA) is 50.8 Å². The normalized spacial score (nSPS) is 10.1. The van der Waals surface area contributed by atoms with Gasteiger partial charge in [0.1, 0.15) is 5.75 Å². The number of benzene rings is 3. The second kappa shape index (κ2) is 10.3. The first-order valence-corrected chi connectivity index (χ1v) is 9.58. The van der Waals surface area contributed by atoms with Crippen molar-refractivity contribution < 1.29 is 4.74 Å². The zero-order valence-electron chi connectivity index (χ0n) is 16.4. The molecule has 0 bridgehead atoms. The van der Waals surface area contributed by atoms with E-state index in [1.54, 1.807) is 12.5 Å². The van der Waals surface area contributed by atoms with Gasteiger partial charge >= 0.3 is 0 Å². The van der Waals surface area contributed by atoms with Crippen LogP contribution in [0.25, 0.3) is 11.1 Å². The molecule has 0 amide bonds.